The Hall–Kier alpha value is -4.75. The fourth-order valence-electron chi connectivity index (χ4n) is 5.93. The van der Waals surface area contributed by atoms with E-state index in [0.717, 1.165) is 11.1 Å². The van der Waals surface area contributed by atoms with Crippen LogP contribution in [0.25, 0.3) is 16.9 Å². The molecular formula is C33H36N6O6S. The number of hydrogen-bond donors (Lipinski definition) is 1. The highest BCUT2D eigenvalue weighted by atomic mass is 32.2. The van der Waals surface area contributed by atoms with E-state index in [0.29, 0.717) is 49.8 Å². The summed E-state index contributed by atoms with van der Waals surface area (Å²) in [7, 11) is -2.94. The fraction of sp³-hybridized carbons (Fsp3) is 0.333. The lowest BCUT2D eigenvalue weighted by Gasteiger charge is -2.40. The number of piperazine rings is 1. The maximum absolute atomic E-state index is 14.3. The molecule has 240 valence electrons. The van der Waals surface area contributed by atoms with Crippen LogP contribution >= 0.6 is 0 Å². The second-order valence-electron chi connectivity index (χ2n) is 11.5. The first kappa shape index (κ1) is 31.2. The van der Waals surface area contributed by atoms with Gasteiger partial charge in [0, 0.05) is 50.9 Å². The van der Waals surface area contributed by atoms with E-state index in [9.17, 15) is 23.1 Å². The van der Waals surface area contributed by atoms with E-state index in [-0.39, 0.29) is 48.8 Å². The van der Waals surface area contributed by atoms with Gasteiger partial charge in [0.1, 0.15) is 18.1 Å². The highest BCUT2D eigenvalue weighted by Gasteiger charge is 2.36. The number of nitrogens with zero attached hydrogens (tertiary/aromatic N) is 6. The number of aromatic nitrogens is 3. The van der Waals surface area contributed by atoms with Gasteiger partial charge in [0.15, 0.2) is 15.5 Å². The van der Waals surface area contributed by atoms with Gasteiger partial charge < -0.3 is 19.6 Å². The molecule has 1 aromatic heterocycles. The summed E-state index contributed by atoms with van der Waals surface area (Å²) in [6.45, 7) is 2.62. The number of carbonyl (C=O) groups excluding carboxylic acids is 1. The Morgan fingerprint density at radius 2 is 1.61 bits per heavy atom. The van der Waals surface area contributed by atoms with E-state index >= 15 is 0 Å². The van der Waals surface area contributed by atoms with Crippen molar-refractivity contribution >= 4 is 21.8 Å². The van der Waals surface area contributed by atoms with Crippen LogP contribution in [0.15, 0.2) is 84.9 Å². The molecule has 13 heteroatoms. The van der Waals surface area contributed by atoms with Crippen LogP contribution in [0.4, 0.5) is 4.79 Å². The van der Waals surface area contributed by atoms with Crippen molar-refractivity contribution in [2.24, 2.45) is 0 Å². The first-order chi connectivity index (χ1) is 22.3. The average Bonchev–Trinajstić information content (AvgIpc) is 3.52. The minimum atomic E-state index is -2.94. The fourth-order valence-corrected chi connectivity index (χ4v) is 7.20. The summed E-state index contributed by atoms with van der Waals surface area (Å²) in [5, 5.41) is 18.5. The minimum Gasteiger partial charge on any atom is -0.492 e. The lowest BCUT2D eigenvalue weighted by atomic mass is 10.0. The standard InChI is InChI=1S/C33H36N6O6S/c40-32(38-15-14-37(33(41)42)24-28(38)22-25-8-3-1-4-9-25)30-31(26-10-5-2-6-11-26)39(35-34-30)27-12-7-13-29(23-27)45-19-16-36-17-20-46(43,44)21-18-36/h1-13,23,28H,14-22,24H2,(H,41,42)/t28-/m1/s1. The number of benzene rings is 3. The van der Waals surface area contributed by atoms with Crippen molar-refractivity contribution in [3.8, 4) is 22.7 Å². The molecule has 0 aliphatic carbocycles. The average molecular weight is 645 g/mol. The highest BCUT2D eigenvalue weighted by molar-refractivity contribution is 7.91. The molecule has 0 saturated carbocycles. The molecule has 2 amide bonds. The van der Waals surface area contributed by atoms with Gasteiger partial charge in [-0.05, 0) is 24.1 Å². The third-order valence-electron chi connectivity index (χ3n) is 8.42. The third-order valence-corrected chi connectivity index (χ3v) is 10.0. The number of sulfone groups is 1. The molecule has 0 radical (unpaired) electrons. The van der Waals surface area contributed by atoms with Crippen molar-refractivity contribution in [2.45, 2.75) is 12.5 Å². The molecule has 46 heavy (non-hydrogen) atoms. The molecule has 2 aliphatic rings. The second-order valence-corrected chi connectivity index (χ2v) is 13.8. The van der Waals surface area contributed by atoms with E-state index in [4.69, 9.17) is 4.74 Å². The van der Waals surface area contributed by atoms with E-state index < -0.39 is 15.9 Å². The molecule has 2 saturated heterocycles. The van der Waals surface area contributed by atoms with Crippen LogP contribution in [0.3, 0.4) is 0 Å². The normalized spacial score (nSPS) is 18.3. The molecule has 12 nitrogen and oxygen atoms in total. The Balaban J connectivity index is 1.26. The lowest BCUT2D eigenvalue weighted by molar-refractivity contribution is 0.0446. The maximum atomic E-state index is 14.3. The van der Waals surface area contributed by atoms with Gasteiger partial charge in [-0.2, -0.15) is 0 Å². The molecular weight excluding hydrogens is 608 g/mol. The van der Waals surface area contributed by atoms with Gasteiger partial charge in [0.25, 0.3) is 5.91 Å². The highest BCUT2D eigenvalue weighted by Crippen LogP contribution is 2.29. The number of hydrogen-bond acceptors (Lipinski definition) is 8. The molecule has 3 aromatic carbocycles. The first-order valence-electron chi connectivity index (χ1n) is 15.3. The van der Waals surface area contributed by atoms with Gasteiger partial charge >= 0.3 is 6.09 Å². The maximum Gasteiger partial charge on any atom is 0.407 e. The van der Waals surface area contributed by atoms with Crippen LogP contribution in [-0.2, 0) is 16.3 Å². The Morgan fingerprint density at radius 1 is 0.891 bits per heavy atom. The summed E-state index contributed by atoms with van der Waals surface area (Å²) >= 11 is 0. The van der Waals surface area contributed by atoms with Crippen molar-refractivity contribution in [3.63, 3.8) is 0 Å². The Labute approximate surface area is 267 Å². The first-order valence-corrected chi connectivity index (χ1v) is 17.1. The zero-order chi connectivity index (χ0) is 32.1. The van der Waals surface area contributed by atoms with Gasteiger partial charge in [-0.15, -0.1) is 5.10 Å². The Morgan fingerprint density at radius 3 is 2.33 bits per heavy atom. The van der Waals surface area contributed by atoms with Crippen LogP contribution < -0.4 is 4.74 Å². The van der Waals surface area contributed by atoms with E-state index in [1.807, 2.05) is 84.9 Å². The zero-order valence-corrected chi connectivity index (χ0v) is 26.1. The summed E-state index contributed by atoms with van der Waals surface area (Å²) in [6, 6.07) is 26.2. The van der Waals surface area contributed by atoms with E-state index in [1.54, 1.807) is 9.58 Å². The number of carboxylic acid groups (broad SMARTS) is 1. The lowest BCUT2D eigenvalue weighted by Crippen LogP contribution is -2.57. The molecule has 4 aromatic rings. The third kappa shape index (κ3) is 7.21. The second kappa shape index (κ2) is 13.7. The van der Waals surface area contributed by atoms with Crippen LogP contribution in [0.1, 0.15) is 16.1 Å². The SMILES string of the molecule is O=C(O)N1CCN(C(=O)c2nnn(-c3cccc(OCCN4CCS(=O)(=O)CC4)c3)c2-c2ccccc2)[C@H](Cc2ccccc2)C1. The summed E-state index contributed by atoms with van der Waals surface area (Å²) in [6.07, 6.45) is -0.510. The molecule has 0 unspecified atom stereocenters. The van der Waals surface area contributed by atoms with Crippen molar-refractivity contribution in [2.75, 3.05) is 57.4 Å². The molecule has 2 fully saturated rings. The number of carbonyl (C=O) groups is 2. The van der Waals surface area contributed by atoms with E-state index in [2.05, 4.69) is 15.2 Å². The van der Waals surface area contributed by atoms with Gasteiger partial charge in [0.2, 0.25) is 0 Å². The van der Waals surface area contributed by atoms with Gasteiger partial charge in [-0.25, -0.2) is 17.9 Å². The number of ether oxygens (including phenoxy) is 1. The van der Waals surface area contributed by atoms with Crippen molar-refractivity contribution in [3.05, 3.63) is 96.2 Å². The largest absolute Gasteiger partial charge is 0.492 e. The van der Waals surface area contributed by atoms with Gasteiger partial charge in [-0.1, -0.05) is 71.9 Å². The summed E-state index contributed by atoms with van der Waals surface area (Å²) < 4.78 is 31.1. The summed E-state index contributed by atoms with van der Waals surface area (Å²) in [5.41, 5.74) is 3.12. The zero-order valence-electron chi connectivity index (χ0n) is 25.3. The minimum absolute atomic E-state index is 0.167. The van der Waals surface area contributed by atoms with Crippen LogP contribution in [0.2, 0.25) is 0 Å². The van der Waals surface area contributed by atoms with Gasteiger partial charge in [-0.3, -0.25) is 9.69 Å². The Kier molecular flexibility index (Phi) is 9.31. The summed E-state index contributed by atoms with van der Waals surface area (Å²) in [4.78, 5) is 31.3. The molecule has 6 rings (SSSR count). The predicted octanol–water partition coefficient (Wildman–Crippen LogP) is 3.09. The van der Waals surface area contributed by atoms with E-state index in [1.165, 1.54) is 4.90 Å². The van der Waals surface area contributed by atoms with Crippen molar-refractivity contribution in [1.82, 2.24) is 29.7 Å². The number of rotatable bonds is 9. The molecule has 0 spiro atoms. The molecule has 1 atom stereocenters. The van der Waals surface area contributed by atoms with Crippen LogP contribution in [0, 0.1) is 0 Å². The van der Waals surface area contributed by atoms with Gasteiger partial charge in [0.05, 0.1) is 23.2 Å². The molecule has 1 N–H and O–H groups in total. The van der Waals surface area contributed by atoms with Crippen molar-refractivity contribution in [1.29, 1.82) is 0 Å². The number of amides is 2. The Bertz CT molecular complexity index is 1770. The summed E-state index contributed by atoms with van der Waals surface area (Å²) in [5.74, 6) is 0.630. The topological polar surface area (TPSA) is 138 Å². The van der Waals surface area contributed by atoms with Crippen LogP contribution in [0.5, 0.6) is 5.75 Å². The predicted molar refractivity (Wildman–Crippen MR) is 172 cm³/mol. The molecule has 2 aliphatic heterocycles. The monoisotopic (exact) mass is 644 g/mol. The molecule has 0 bridgehead atoms. The van der Waals surface area contributed by atoms with Crippen molar-refractivity contribution < 1.29 is 27.9 Å². The molecule has 3 heterocycles. The smallest absolute Gasteiger partial charge is 0.407 e. The quantitative estimate of drug-likeness (QED) is 0.291. The van der Waals surface area contributed by atoms with Crippen LogP contribution in [-0.4, -0.2) is 119 Å².